The van der Waals surface area contributed by atoms with Crippen molar-refractivity contribution in [2.75, 3.05) is 19.8 Å². The van der Waals surface area contributed by atoms with Gasteiger partial charge in [-0.1, -0.05) is 6.92 Å². The van der Waals surface area contributed by atoms with Gasteiger partial charge < -0.3 is 14.5 Å². The molecule has 1 saturated heterocycles. The van der Waals surface area contributed by atoms with Gasteiger partial charge in [-0.3, -0.25) is 0 Å². The number of rotatable bonds is 4. The quantitative estimate of drug-likeness (QED) is 0.916. The summed E-state index contributed by atoms with van der Waals surface area (Å²) in [7, 11) is 0. The molecule has 1 aliphatic rings. The Hall–Kier alpha value is 0.160. The van der Waals surface area contributed by atoms with Gasteiger partial charge in [0, 0.05) is 12.0 Å². The molecule has 0 amide bonds. The predicted octanol–water partition coefficient (Wildman–Crippen LogP) is 2.93. The Labute approximate surface area is 106 Å². The zero-order chi connectivity index (χ0) is 10.9. The molecule has 84 valence electrons. The largest absolute Gasteiger partial charge is 0.452 e. The van der Waals surface area contributed by atoms with E-state index in [-0.39, 0.29) is 0 Å². The fourth-order valence-electron chi connectivity index (χ4n) is 1.52. The summed E-state index contributed by atoms with van der Waals surface area (Å²) in [6.07, 6.45) is 0. The number of ether oxygens (including phenoxy) is 1. The first kappa shape index (κ1) is 11.6. The summed E-state index contributed by atoms with van der Waals surface area (Å²) < 4.78 is 12.3. The van der Waals surface area contributed by atoms with Crippen LogP contribution in [0.1, 0.15) is 12.7 Å². The predicted molar refractivity (Wildman–Crippen MR) is 64.7 cm³/mol. The molecule has 0 unspecified atom stereocenters. The van der Waals surface area contributed by atoms with E-state index in [1.807, 2.05) is 6.07 Å². The Morgan fingerprint density at radius 2 is 2.20 bits per heavy atom. The highest BCUT2D eigenvalue weighted by Crippen LogP contribution is 2.27. The molecular formula is C10H13Br2NO2. The first-order chi connectivity index (χ1) is 7.09. The maximum absolute atomic E-state index is 5.46. The van der Waals surface area contributed by atoms with Crippen LogP contribution in [0.5, 0.6) is 0 Å². The van der Waals surface area contributed by atoms with E-state index >= 15 is 0 Å². The van der Waals surface area contributed by atoms with Gasteiger partial charge in [-0.25, -0.2) is 0 Å². The van der Waals surface area contributed by atoms with E-state index in [0.29, 0.717) is 5.41 Å². The van der Waals surface area contributed by atoms with E-state index in [1.165, 1.54) is 0 Å². The maximum atomic E-state index is 5.46. The highest BCUT2D eigenvalue weighted by atomic mass is 79.9. The van der Waals surface area contributed by atoms with Gasteiger partial charge in [-0.15, -0.1) is 0 Å². The van der Waals surface area contributed by atoms with Crippen molar-refractivity contribution in [3.63, 3.8) is 0 Å². The van der Waals surface area contributed by atoms with Crippen molar-refractivity contribution in [3.8, 4) is 0 Å². The van der Waals surface area contributed by atoms with E-state index in [9.17, 15) is 0 Å². The van der Waals surface area contributed by atoms with Crippen molar-refractivity contribution in [1.29, 1.82) is 0 Å². The third-order valence-electron chi connectivity index (χ3n) is 2.45. The molecule has 1 fully saturated rings. The third-order valence-corrected chi connectivity index (χ3v) is 4.16. The number of halogens is 2. The van der Waals surface area contributed by atoms with Gasteiger partial charge in [0.05, 0.1) is 24.2 Å². The van der Waals surface area contributed by atoms with Crippen LogP contribution in [0.4, 0.5) is 0 Å². The lowest BCUT2D eigenvalue weighted by Crippen LogP contribution is -2.47. The lowest BCUT2D eigenvalue weighted by Gasteiger charge is -2.38. The van der Waals surface area contributed by atoms with Crippen LogP contribution < -0.4 is 5.32 Å². The number of furan rings is 1. The summed E-state index contributed by atoms with van der Waals surface area (Å²) in [5, 5.41) is 3.37. The SMILES string of the molecule is CC1(CNCc2cc(Br)c(Br)o2)COC1. The molecule has 1 aromatic heterocycles. The molecule has 5 heteroatoms. The molecule has 0 saturated carbocycles. The monoisotopic (exact) mass is 337 g/mol. The van der Waals surface area contributed by atoms with Gasteiger partial charge in [-0.2, -0.15) is 0 Å². The molecule has 0 aliphatic carbocycles. The molecule has 0 atom stereocenters. The minimum atomic E-state index is 0.307. The molecule has 0 aromatic carbocycles. The Morgan fingerprint density at radius 1 is 1.47 bits per heavy atom. The fourth-order valence-corrected chi connectivity index (χ4v) is 2.18. The molecule has 1 N–H and O–H groups in total. The van der Waals surface area contributed by atoms with Gasteiger partial charge in [0.2, 0.25) is 0 Å². The Balaban J connectivity index is 1.78. The molecule has 2 heterocycles. The van der Waals surface area contributed by atoms with E-state index in [1.54, 1.807) is 0 Å². The molecule has 1 aromatic rings. The maximum Gasteiger partial charge on any atom is 0.183 e. The van der Waals surface area contributed by atoms with Gasteiger partial charge >= 0.3 is 0 Å². The van der Waals surface area contributed by atoms with E-state index in [2.05, 4.69) is 44.1 Å². The second kappa shape index (κ2) is 4.57. The van der Waals surface area contributed by atoms with E-state index in [0.717, 1.165) is 41.2 Å². The number of nitrogens with one attached hydrogen (secondary N) is 1. The summed E-state index contributed by atoms with van der Waals surface area (Å²) >= 11 is 6.69. The second-order valence-electron chi connectivity index (χ2n) is 4.24. The summed E-state index contributed by atoms with van der Waals surface area (Å²) in [6, 6.07) is 1.97. The Bertz CT molecular complexity index is 328. The zero-order valence-corrected chi connectivity index (χ0v) is 11.7. The summed E-state index contributed by atoms with van der Waals surface area (Å²) in [4.78, 5) is 0. The van der Waals surface area contributed by atoms with Gasteiger partial charge in [0.15, 0.2) is 4.67 Å². The van der Waals surface area contributed by atoms with Gasteiger partial charge in [-0.05, 0) is 37.9 Å². The molecule has 1 aliphatic heterocycles. The van der Waals surface area contributed by atoms with Crippen molar-refractivity contribution in [1.82, 2.24) is 5.32 Å². The van der Waals surface area contributed by atoms with Crippen LogP contribution in [0.3, 0.4) is 0 Å². The van der Waals surface area contributed by atoms with Crippen LogP contribution in [0, 0.1) is 5.41 Å². The molecule has 0 bridgehead atoms. The zero-order valence-electron chi connectivity index (χ0n) is 8.48. The standard InChI is InChI=1S/C10H13Br2NO2/c1-10(5-14-6-10)4-13-3-7-2-8(11)9(12)15-7/h2,13H,3-6H2,1H3. The average molecular weight is 339 g/mol. The van der Waals surface area contributed by atoms with Gasteiger partial charge in [0.25, 0.3) is 0 Å². The van der Waals surface area contributed by atoms with Gasteiger partial charge in [0.1, 0.15) is 5.76 Å². The summed E-state index contributed by atoms with van der Waals surface area (Å²) in [5.74, 6) is 0.928. The molecule has 0 radical (unpaired) electrons. The first-order valence-electron chi connectivity index (χ1n) is 4.81. The Morgan fingerprint density at radius 3 is 2.67 bits per heavy atom. The summed E-state index contributed by atoms with van der Waals surface area (Å²) in [5.41, 5.74) is 0.307. The topological polar surface area (TPSA) is 34.4 Å². The molecule has 15 heavy (non-hydrogen) atoms. The molecule has 0 spiro atoms. The second-order valence-corrected chi connectivity index (χ2v) is 5.82. The molecule has 2 rings (SSSR count). The molecule has 3 nitrogen and oxygen atoms in total. The smallest absolute Gasteiger partial charge is 0.183 e. The van der Waals surface area contributed by atoms with Crippen LogP contribution >= 0.6 is 31.9 Å². The van der Waals surface area contributed by atoms with Crippen molar-refractivity contribution < 1.29 is 9.15 Å². The van der Waals surface area contributed by atoms with Crippen molar-refractivity contribution in [3.05, 3.63) is 21.0 Å². The minimum Gasteiger partial charge on any atom is -0.452 e. The first-order valence-corrected chi connectivity index (χ1v) is 6.40. The van der Waals surface area contributed by atoms with Crippen LogP contribution in [-0.2, 0) is 11.3 Å². The van der Waals surface area contributed by atoms with E-state index < -0.39 is 0 Å². The van der Waals surface area contributed by atoms with E-state index in [4.69, 9.17) is 9.15 Å². The molecular weight excluding hydrogens is 326 g/mol. The van der Waals surface area contributed by atoms with Crippen molar-refractivity contribution in [2.24, 2.45) is 5.41 Å². The van der Waals surface area contributed by atoms with Crippen LogP contribution in [0.25, 0.3) is 0 Å². The Kier molecular flexibility index (Phi) is 3.55. The van der Waals surface area contributed by atoms with Crippen LogP contribution in [-0.4, -0.2) is 19.8 Å². The lowest BCUT2D eigenvalue weighted by molar-refractivity contribution is -0.0992. The lowest BCUT2D eigenvalue weighted by atomic mass is 9.89. The highest BCUT2D eigenvalue weighted by molar-refractivity contribution is 9.13. The normalized spacial score (nSPS) is 18.9. The fraction of sp³-hybridized carbons (Fsp3) is 0.600. The average Bonchev–Trinajstić information content (AvgIpc) is 2.43. The minimum absolute atomic E-state index is 0.307. The summed E-state index contributed by atoms with van der Waals surface area (Å²) in [6.45, 7) is 5.64. The number of hydrogen-bond donors (Lipinski definition) is 1. The van der Waals surface area contributed by atoms with Crippen LogP contribution in [0.15, 0.2) is 19.6 Å². The van der Waals surface area contributed by atoms with Crippen molar-refractivity contribution >= 4 is 31.9 Å². The number of hydrogen-bond acceptors (Lipinski definition) is 3. The highest BCUT2D eigenvalue weighted by Gasteiger charge is 2.32. The van der Waals surface area contributed by atoms with Crippen LogP contribution in [0.2, 0.25) is 0 Å². The van der Waals surface area contributed by atoms with Crippen molar-refractivity contribution in [2.45, 2.75) is 13.5 Å². The third kappa shape index (κ3) is 2.84.